The van der Waals surface area contributed by atoms with Crippen LogP contribution in [0.1, 0.15) is 44.7 Å². The Bertz CT molecular complexity index is 640. The van der Waals surface area contributed by atoms with Gasteiger partial charge in [-0.3, -0.25) is 4.79 Å². The number of hydrogen-bond acceptors (Lipinski definition) is 2. The Kier molecular flexibility index (Phi) is 4.72. The molecule has 1 aliphatic rings. The molecule has 0 saturated heterocycles. The molecule has 0 heterocycles. The highest BCUT2D eigenvalue weighted by Gasteiger charge is 2.64. The Labute approximate surface area is 139 Å². The smallest absolute Gasteiger partial charge is 0.394 e. The molecule has 0 spiro atoms. The highest BCUT2D eigenvalue weighted by Crippen LogP contribution is 2.60. The maximum Gasteiger partial charge on any atom is 0.394 e. The maximum atomic E-state index is 13.6. The number of alkyl halides is 3. The van der Waals surface area contributed by atoms with Crippen molar-refractivity contribution in [1.82, 2.24) is 0 Å². The third kappa shape index (κ3) is 3.03. The lowest BCUT2D eigenvalue weighted by Crippen LogP contribution is -2.35. The van der Waals surface area contributed by atoms with Crippen molar-refractivity contribution in [3.8, 4) is 0 Å². The summed E-state index contributed by atoms with van der Waals surface area (Å²) in [5.41, 5.74) is -2.17. The first-order valence-corrected chi connectivity index (χ1v) is 7.94. The molecule has 0 amide bonds. The van der Waals surface area contributed by atoms with Gasteiger partial charge in [0.05, 0.1) is 17.9 Å². The molecule has 3 unspecified atom stereocenters. The predicted molar refractivity (Wildman–Crippen MR) is 82.0 cm³/mol. The van der Waals surface area contributed by atoms with E-state index >= 15 is 0 Å². The summed E-state index contributed by atoms with van der Waals surface area (Å²) in [6.45, 7) is 6.06. The van der Waals surface area contributed by atoms with E-state index in [2.05, 4.69) is 0 Å². The number of esters is 1. The molecule has 1 aromatic rings. The third-order valence-corrected chi connectivity index (χ3v) is 5.25. The van der Waals surface area contributed by atoms with Crippen LogP contribution in [0, 0.1) is 24.1 Å². The Morgan fingerprint density at radius 1 is 1.33 bits per heavy atom. The van der Waals surface area contributed by atoms with E-state index in [1.165, 1.54) is 18.2 Å². The molecule has 24 heavy (non-hydrogen) atoms. The molecule has 0 radical (unpaired) electrons. The van der Waals surface area contributed by atoms with Gasteiger partial charge in [-0.2, -0.15) is 13.2 Å². The number of rotatable bonds is 3. The van der Waals surface area contributed by atoms with E-state index in [4.69, 9.17) is 4.74 Å². The molecule has 6 heteroatoms. The zero-order valence-corrected chi connectivity index (χ0v) is 14.3. The van der Waals surface area contributed by atoms with E-state index in [0.717, 1.165) is 6.92 Å². The minimum atomic E-state index is -4.43. The van der Waals surface area contributed by atoms with Crippen LogP contribution in [0.3, 0.4) is 0 Å². The average molecular weight is 346 g/mol. The average Bonchev–Trinajstić information content (AvgIpc) is 2.76. The zero-order chi connectivity index (χ0) is 18.3. The SMILES string of the molecule is CCOC(=O)C1CC(C)(C(F)(F)F)CC1(C)c1ccc(F)c(C)c1. The second-order valence-electron chi connectivity index (χ2n) is 7.13. The van der Waals surface area contributed by atoms with Crippen LogP contribution in [-0.2, 0) is 14.9 Å². The van der Waals surface area contributed by atoms with Gasteiger partial charge in [0.15, 0.2) is 0 Å². The number of carbonyl (C=O) groups excluding carboxylic acids is 1. The monoisotopic (exact) mass is 346 g/mol. The molecular formula is C18H22F4O2. The molecule has 0 bridgehead atoms. The van der Waals surface area contributed by atoms with Gasteiger partial charge in [0.1, 0.15) is 5.82 Å². The van der Waals surface area contributed by atoms with Crippen LogP contribution in [0.4, 0.5) is 17.6 Å². The van der Waals surface area contributed by atoms with Gasteiger partial charge < -0.3 is 4.74 Å². The molecule has 2 rings (SSSR count). The fraction of sp³-hybridized carbons (Fsp3) is 0.611. The summed E-state index contributed by atoms with van der Waals surface area (Å²) >= 11 is 0. The lowest BCUT2D eigenvalue weighted by molar-refractivity contribution is -0.217. The first-order chi connectivity index (χ1) is 10.9. The van der Waals surface area contributed by atoms with Gasteiger partial charge in [-0.25, -0.2) is 4.39 Å². The van der Waals surface area contributed by atoms with Crippen molar-refractivity contribution in [2.45, 2.75) is 52.1 Å². The Morgan fingerprint density at radius 3 is 2.46 bits per heavy atom. The van der Waals surface area contributed by atoms with Crippen LogP contribution < -0.4 is 0 Å². The zero-order valence-electron chi connectivity index (χ0n) is 14.3. The van der Waals surface area contributed by atoms with Crippen LogP contribution >= 0.6 is 0 Å². The number of aryl methyl sites for hydroxylation is 1. The van der Waals surface area contributed by atoms with Crippen molar-refractivity contribution < 1.29 is 27.1 Å². The summed E-state index contributed by atoms with van der Waals surface area (Å²) in [7, 11) is 0. The standard InChI is InChI=1S/C18H22F4O2/c1-5-24-15(23)13-9-16(3,18(20,21)22)10-17(13,4)12-6-7-14(19)11(2)8-12/h6-8,13H,5,9-10H2,1-4H3. The van der Waals surface area contributed by atoms with Gasteiger partial charge in [-0.05, 0) is 43.9 Å². The molecule has 134 valence electrons. The number of benzene rings is 1. The molecule has 0 N–H and O–H groups in total. The fourth-order valence-electron chi connectivity index (χ4n) is 3.79. The van der Waals surface area contributed by atoms with Crippen molar-refractivity contribution in [1.29, 1.82) is 0 Å². The summed E-state index contributed by atoms with van der Waals surface area (Å²) in [5, 5.41) is 0. The van der Waals surface area contributed by atoms with Crippen LogP contribution in [-0.4, -0.2) is 18.8 Å². The number of halogens is 4. The quantitative estimate of drug-likeness (QED) is 0.573. The maximum absolute atomic E-state index is 13.6. The van der Waals surface area contributed by atoms with Crippen molar-refractivity contribution >= 4 is 5.97 Å². The van der Waals surface area contributed by atoms with Crippen LogP contribution in [0.15, 0.2) is 18.2 Å². The van der Waals surface area contributed by atoms with Gasteiger partial charge >= 0.3 is 12.1 Å². The van der Waals surface area contributed by atoms with Gasteiger partial charge in [0.25, 0.3) is 0 Å². The van der Waals surface area contributed by atoms with Gasteiger partial charge in [-0.1, -0.05) is 26.0 Å². The molecule has 0 aliphatic heterocycles. The van der Waals surface area contributed by atoms with E-state index in [1.807, 2.05) is 0 Å². The number of ether oxygens (including phenoxy) is 1. The lowest BCUT2D eigenvalue weighted by atomic mass is 9.72. The van der Waals surface area contributed by atoms with Crippen molar-refractivity contribution in [3.05, 3.63) is 35.1 Å². The summed E-state index contributed by atoms with van der Waals surface area (Å²) in [4.78, 5) is 12.3. The predicted octanol–water partition coefficient (Wildman–Crippen LogP) is 4.93. The molecule has 2 nitrogen and oxygen atoms in total. The van der Waals surface area contributed by atoms with Crippen molar-refractivity contribution in [3.63, 3.8) is 0 Å². The topological polar surface area (TPSA) is 26.3 Å². The van der Waals surface area contributed by atoms with Crippen LogP contribution in [0.5, 0.6) is 0 Å². The second-order valence-corrected chi connectivity index (χ2v) is 7.13. The van der Waals surface area contributed by atoms with Gasteiger partial charge in [-0.15, -0.1) is 0 Å². The number of carbonyl (C=O) groups is 1. The summed E-state index contributed by atoms with van der Waals surface area (Å²) in [6.07, 6.45) is -5.00. The highest BCUT2D eigenvalue weighted by atomic mass is 19.4. The summed E-state index contributed by atoms with van der Waals surface area (Å²) in [6, 6.07) is 4.24. The van der Waals surface area contributed by atoms with E-state index < -0.39 is 34.7 Å². The van der Waals surface area contributed by atoms with E-state index in [0.29, 0.717) is 11.1 Å². The Balaban J connectivity index is 2.53. The van der Waals surface area contributed by atoms with Crippen LogP contribution in [0.2, 0.25) is 0 Å². The van der Waals surface area contributed by atoms with Crippen LogP contribution in [0.25, 0.3) is 0 Å². The Morgan fingerprint density at radius 2 is 1.96 bits per heavy atom. The summed E-state index contributed by atoms with van der Waals surface area (Å²) < 4.78 is 59.3. The second kappa shape index (κ2) is 6.05. The molecule has 1 saturated carbocycles. The molecule has 1 aliphatic carbocycles. The normalized spacial score (nSPS) is 30.4. The lowest BCUT2D eigenvalue weighted by Gasteiger charge is -2.32. The largest absolute Gasteiger partial charge is 0.466 e. The number of hydrogen-bond donors (Lipinski definition) is 0. The minimum absolute atomic E-state index is 0.108. The van der Waals surface area contributed by atoms with Crippen molar-refractivity contribution in [2.75, 3.05) is 6.61 Å². The van der Waals surface area contributed by atoms with E-state index in [9.17, 15) is 22.4 Å². The van der Waals surface area contributed by atoms with E-state index in [-0.39, 0.29) is 19.4 Å². The van der Waals surface area contributed by atoms with E-state index in [1.54, 1.807) is 20.8 Å². The molecular weight excluding hydrogens is 324 g/mol. The third-order valence-electron chi connectivity index (χ3n) is 5.25. The first-order valence-electron chi connectivity index (χ1n) is 7.94. The first kappa shape index (κ1) is 18.7. The Hall–Kier alpha value is -1.59. The van der Waals surface area contributed by atoms with Gasteiger partial charge in [0.2, 0.25) is 0 Å². The van der Waals surface area contributed by atoms with Gasteiger partial charge in [0, 0.05) is 5.41 Å². The fourth-order valence-corrected chi connectivity index (χ4v) is 3.79. The molecule has 1 fully saturated rings. The summed E-state index contributed by atoms with van der Waals surface area (Å²) in [5.74, 6) is -1.98. The molecule has 1 aromatic carbocycles. The molecule has 3 atom stereocenters. The minimum Gasteiger partial charge on any atom is -0.466 e. The van der Waals surface area contributed by atoms with Crippen molar-refractivity contribution in [2.24, 2.45) is 11.3 Å². The highest BCUT2D eigenvalue weighted by molar-refractivity contribution is 5.75. The molecule has 0 aromatic heterocycles.